The van der Waals surface area contributed by atoms with E-state index in [2.05, 4.69) is 21.4 Å². The van der Waals surface area contributed by atoms with Crippen LogP contribution in [0.2, 0.25) is 0 Å². The number of nitrogens with one attached hydrogen (secondary N) is 1. The summed E-state index contributed by atoms with van der Waals surface area (Å²) in [5.41, 5.74) is 1.81. The standard InChI is InChI=1S/C22H28N4O3/c1-16-15-20(24-29-16)23-21(27)17-9-13-26(14-10-17)22(28)18-7-3-4-8-19(18)25-11-5-2-6-12-25/h3-4,7-8,15,17H,2,5-6,9-14H2,1H3,(H,23,24,27). The number of anilines is 2. The molecule has 2 amide bonds. The number of likely N-dealkylation sites (tertiary alicyclic amines) is 1. The monoisotopic (exact) mass is 396 g/mol. The lowest BCUT2D eigenvalue weighted by Crippen LogP contribution is -2.42. The predicted molar refractivity (Wildman–Crippen MR) is 111 cm³/mol. The molecular formula is C22H28N4O3. The van der Waals surface area contributed by atoms with Gasteiger partial charge in [0.05, 0.1) is 5.56 Å². The molecule has 0 spiro atoms. The van der Waals surface area contributed by atoms with Gasteiger partial charge in [0.1, 0.15) is 5.76 Å². The molecule has 7 heteroatoms. The molecule has 2 saturated heterocycles. The van der Waals surface area contributed by atoms with Crippen molar-refractivity contribution in [2.45, 2.75) is 39.0 Å². The normalized spacial score (nSPS) is 18.0. The third-order valence-electron chi connectivity index (χ3n) is 5.86. The molecule has 0 atom stereocenters. The number of nitrogens with zero attached hydrogens (tertiary/aromatic N) is 3. The number of piperidine rings is 2. The lowest BCUT2D eigenvalue weighted by atomic mass is 9.95. The third kappa shape index (κ3) is 4.44. The first-order valence-corrected chi connectivity index (χ1v) is 10.5. The Labute approximate surface area is 171 Å². The Hall–Kier alpha value is -2.83. The summed E-state index contributed by atoms with van der Waals surface area (Å²) in [4.78, 5) is 29.9. The molecule has 7 nitrogen and oxygen atoms in total. The number of carbonyl (C=O) groups excluding carboxylic acids is 2. The molecule has 1 aromatic heterocycles. The Kier molecular flexibility index (Phi) is 5.83. The highest BCUT2D eigenvalue weighted by molar-refractivity contribution is 6.00. The number of para-hydroxylation sites is 1. The Bertz CT molecular complexity index is 864. The summed E-state index contributed by atoms with van der Waals surface area (Å²) < 4.78 is 4.99. The molecule has 0 aliphatic carbocycles. The van der Waals surface area contributed by atoms with Crippen LogP contribution in [0, 0.1) is 12.8 Å². The highest BCUT2D eigenvalue weighted by Gasteiger charge is 2.29. The van der Waals surface area contributed by atoms with E-state index in [9.17, 15) is 9.59 Å². The second-order valence-electron chi connectivity index (χ2n) is 7.94. The summed E-state index contributed by atoms with van der Waals surface area (Å²) in [6.07, 6.45) is 4.92. The molecule has 1 aromatic carbocycles. The van der Waals surface area contributed by atoms with Crippen LogP contribution in [0.4, 0.5) is 11.5 Å². The third-order valence-corrected chi connectivity index (χ3v) is 5.86. The lowest BCUT2D eigenvalue weighted by molar-refractivity contribution is -0.121. The molecule has 2 fully saturated rings. The molecule has 0 bridgehead atoms. The number of amides is 2. The van der Waals surface area contributed by atoms with E-state index in [0.717, 1.165) is 24.3 Å². The van der Waals surface area contributed by atoms with E-state index in [-0.39, 0.29) is 17.7 Å². The number of rotatable bonds is 4. The van der Waals surface area contributed by atoms with Crippen LogP contribution in [-0.4, -0.2) is 48.0 Å². The largest absolute Gasteiger partial charge is 0.371 e. The van der Waals surface area contributed by atoms with Crippen LogP contribution < -0.4 is 10.2 Å². The van der Waals surface area contributed by atoms with Crippen molar-refractivity contribution in [3.8, 4) is 0 Å². The maximum atomic E-state index is 13.2. The summed E-state index contributed by atoms with van der Waals surface area (Å²) in [7, 11) is 0. The number of carbonyl (C=O) groups is 2. The van der Waals surface area contributed by atoms with Gasteiger partial charge in [-0.2, -0.15) is 0 Å². The van der Waals surface area contributed by atoms with Gasteiger partial charge in [0, 0.05) is 43.9 Å². The van der Waals surface area contributed by atoms with E-state index >= 15 is 0 Å². The number of benzene rings is 1. The number of hydrogen-bond acceptors (Lipinski definition) is 5. The molecule has 1 N–H and O–H groups in total. The summed E-state index contributed by atoms with van der Waals surface area (Å²) >= 11 is 0. The molecule has 4 rings (SSSR count). The average Bonchev–Trinajstić information content (AvgIpc) is 3.18. The van der Waals surface area contributed by atoms with Crippen molar-refractivity contribution in [1.82, 2.24) is 10.1 Å². The van der Waals surface area contributed by atoms with Gasteiger partial charge in [-0.25, -0.2) is 0 Å². The predicted octanol–water partition coefficient (Wildman–Crippen LogP) is 3.46. The molecule has 29 heavy (non-hydrogen) atoms. The number of hydrogen-bond donors (Lipinski definition) is 1. The minimum Gasteiger partial charge on any atom is -0.371 e. The quantitative estimate of drug-likeness (QED) is 0.856. The van der Waals surface area contributed by atoms with Crippen LogP contribution in [0.15, 0.2) is 34.9 Å². The molecular weight excluding hydrogens is 368 g/mol. The van der Waals surface area contributed by atoms with E-state index in [1.54, 1.807) is 13.0 Å². The van der Waals surface area contributed by atoms with Crippen LogP contribution in [0.1, 0.15) is 48.2 Å². The van der Waals surface area contributed by atoms with Crippen molar-refractivity contribution in [3.63, 3.8) is 0 Å². The van der Waals surface area contributed by atoms with Crippen molar-refractivity contribution in [2.24, 2.45) is 5.92 Å². The molecule has 0 unspecified atom stereocenters. The van der Waals surface area contributed by atoms with Gasteiger partial charge in [-0.05, 0) is 51.2 Å². The van der Waals surface area contributed by atoms with Crippen LogP contribution in [0.3, 0.4) is 0 Å². The molecule has 2 aliphatic rings. The Balaban J connectivity index is 1.37. The highest BCUT2D eigenvalue weighted by atomic mass is 16.5. The van der Waals surface area contributed by atoms with E-state index in [4.69, 9.17) is 4.52 Å². The summed E-state index contributed by atoms with van der Waals surface area (Å²) in [6, 6.07) is 9.62. The van der Waals surface area contributed by atoms with Crippen molar-refractivity contribution in [2.75, 3.05) is 36.4 Å². The van der Waals surface area contributed by atoms with Gasteiger partial charge in [0.15, 0.2) is 5.82 Å². The summed E-state index contributed by atoms with van der Waals surface area (Å²) in [5.74, 6) is 0.999. The van der Waals surface area contributed by atoms with Crippen LogP contribution in [-0.2, 0) is 4.79 Å². The first-order chi connectivity index (χ1) is 14.1. The molecule has 2 aliphatic heterocycles. The van der Waals surface area contributed by atoms with E-state index < -0.39 is 0 Å². The highest BCUT2D eigenvalue weighted by Crippen LogP contribution is 2.27. The topological polar surface area (TPSA) is 78.7 Å². The zero-order chi connectivity index (χ0) is 20.2. The molecule has 2 aromatic rings. The van der Waals surface area contributed by atoms with E-state index in [1.807, 2.05) is 23.1 Å². The van der Waals surface area contributed by atoms with Gasteiger partial charge in [-0.1, -0.05) is 17.3 Å². The second kappa shape index (κ2) is 8.68. The van der Waals surface area contributed by atoms with Gasteiger partial charge in [0.2, 0.25) is 5.91 Å². The van der Waals surface area contributed by atoms with Gasteiger partial charge < -0.3 is 19.6 Å². The SMILES string of the molecule is Cc1cc(NC(=O)C2CCN(C(=O)c3ccccc3N3CCCCC3)CC2)no1. The molecule has 0 saturated carbocycles. The maximum Gasteiger partial charge on any atom is 0.255 e. The zero-order valence-corrected chi connectivity index (χ0v) is 16.9. The van der Waals surface area contributed by atoms with Crippen LogP contribution in [0.25, 0.3) is 0 Å². The van der Waals surface area contributed by atoms with Crippen molar-refractivity contribution < 1.29 is 14.1 Å². The average molecular weight is 396 g/mol. The maximum absolute atomic E-state index is 13.2. The van der Waals surface area contributed by atoms with Crippen molar-refractivity contribution >= 4 is 23.3 Å². The first-order valence-electron chi connectivity index (χ1n) is 10.5. The molecule has 0 radical (unpaired) electrons. The second-order valence-corrected chi connectivity index (χ2v) is 7.94. The Morgan fingerprint density at radius 3 is 2.48 bits per heavy atom. The van der Waals surface area contributed by atoms with E-state index in [0.29, 0.717) is 37.5 Å². The van der Waals surface area contributed by atoms with Crippen LogP contribution in [0.5, 0.6) is 0 Å². The fraction of sp³-hybridized carbons (Fsp3) is 0.500. The minimum atomic E-state index is -0.117. The van der Waals surface area contributed by atoms with Gasteiger partial charge >= 0.3 is 0 Å². The van der Waals surface area contributed by atoms with Gasteiger partial charge in [-0.15, -0.1) is 0 Å². The summed E-state index contributed by atoms with van der Waals surface area (Å²) in [5, 5.41) is 6.62. The fourth-order valence-corrected chi connectivity index (χ4v) is 4.23. The van der Waals surface area contributed by atoms with Gasteiger partial charge in [-0.3, -0.25) is 9.59 Å². The van der Waals surface area contributed by atoms with Gasteiger partial charge in [0.25, 0.3) is 5.91 Å². The Morgan fingerprint density at radius 1 is 1.07 bits per heavy atom. The van der Waals surface area contributed by atoms with Crippen molar-refractivity contribution in [1.29, 1.82) is 0 Å². The smallest absolute Gasteiger partial charge is 0.255 e. The zero-order valence-electron chi connectivity index (χ0n) is 16.9. The molecule has 3 heterocycles. The Morgan fingerprint density at radius 2 is 1.79 bits per heavy atom. The number of aryl methyl sites for hydroxylation is 1. The van der Waals surface area contributed by atoms with Crippen LogP contribution >= 0.6 is 0 Å². The fourth-order valence-electron chi connectivity index (χ4n) is 4.23. The first kappa shape index (κ1) is 19.5. The lowest BCUT2D eigenvalue weighted by Gasteiger charge is -2.34. The number of aromatic nitrogens is 1. The summed E-state index contributed by atoms with van der Waals surface area (Å²) in [6.45, 7) is 4.98. The van der Waals surface area contributed by atoms with Crippen molar-refractivity contribution in [3.05, 3.63) is 41.7 Å². The minimum absolute atomic E-state index is 0.0564. The molecule has 154 valence electrons. The van der Waals surface area contributed by atoms with E-state index in [1.165, 1.54) is 19.3 Å².